The Balaban J connectivity index is 1.35. The van der Waals surface area contributed by atoms with Crippen molar-refractivity contribution in [1.82, 2.24) is 4.57 Å². The SMILES string of the molecule is N#CC1=CC=C(S(=O)(=O)c2ccc(-n3c4c(c5ccccc53)C=C3C4=Nc4ccccc43)cc2)CC1. The Bertz CT molecular complexity index is 1890. The molecule has 3 aliphatic rings. The normalized spacial score (nSPS) is 15.9. The summed E-state index contributed by atoms with van der Waals surface area (Å²) >= 11 is 0. The summed E-state index contributed by atoms with van der Waals surface area (Å²) in [4.78, 5) is 5.56. The van der Waals surface area contributed by atoms with Gasteiger partial charge in [0, 0.05) is 38.3 Å². The number of sulfone groups is 1. The van der Waals surface area contributed by atoms with Crippen LogP contribution in [0.2, 0.25) is 0 Å². The van der Waals surface area contributed by atoms with Gasteiger partial charge >= 0.3 is 0 Å². The van der Waals surface area contributed by atoms with Crippen LogP contribution in [0.1, 0.15) is 29.7 Å². The van der Waals surface area contributed by atoms with Crippen molar-refractivity contribution in [1.29, 1.82) is 5.26 Å². The molecule has 0 bridgehead atoms. The lowest BCUT2D eigenvalue weighted by Gasteiger charge is -2.14. The minimum Gasteiger partial charge on any atom is -0.307 e. The van der Waals surface area contributed by atoms with E-state index < -0.39 is 9.84 Å². The standard InChI is InChI=1S/C30H19N3O2S/c31-18-19-9-13-21(14-10-19)36(34,35)22-15-11-20(12-16-22)33-28-8-4-2-6-24(28)26-17-25-23-5-1-3-7-27(23)32-29(25)30(26)33/h1-9,11-13,15-17H,10,14H2. The second-order valence-electron chi connectivity index (χ2n) is 9.08. The number of fused-ring (bicyclic) bond motifs is 7. The van der Waals surface area contributed by atoms with Crippen LogP contribution in [0.25, 0.3) is 28.2 Å². The van der Waals surface area contributed by atoms with E-state index in [2.05, 4.69) is 34.9 Å². The number of rotatable bonds is 3. The fourth-order valence-electron chi connectivity index (χ4n) is 5.35. The van der Waals surface area contributed by atoms with E-state index >= 15 is 0 Å². The predicted octanol–water partition coefficient (Wildman–Crippen LogP) is 6.52. The molecule has 0 saturated carbocycles. The number of aromatic nitrogens is 1. The van der Waals surface area contributed by atoms with Crippen LogP contribution in [0, 0.1) is 11.3 Å². The molecule has 7 rings (SSSR count). The molecular formula is C30H19N3O2S. The maximum Gasteiger partial charge on any atom is 0.202 e. The number of nitrogens with zero attached hydrogens (tertiary/aromatic N) is 3. The maximum atomic E-state index is 13.2. The van der Waals surface area contributed by atoms with E-state index in [9.17, 15) is 8.42 Å². The van der Waals surface area contributed by atoms with Crippen molar-refractivity contribution in [2.45, 2.75) is 17.7 Å². The molecular weight excluding hydrogens is 466 g/mol. The third-order valence-electron chi connectivity index (χ3n) is 7.11. The first-order valence-electron chi connectivity index (χ1n) is 11.8. The van der Waals surface area contributed by atoms with Crippen LogP contribution in [0.4, 0.5) is 5.69 Å². The van der Waals surface area contributed by atoms with Gasteiger partial charge in [-0.25, -0.2) is 13.4 Å². The Morgan fingerprint density at radius 2 is 1.67 bits per heavy atom. The van der Waals surface area contributed by atoms with Gasteiger partial charge in [-0.05, 0) is 67.5 Å². The predicted molar refractivity (Wildman–Crippen MR) is 142 cm³/mol. The highest BCUT2D eigenvalue weighted by Crippen LogP contribution is 2.46. The van der Waals surface area contributed by atoms with E-state index in [0.29, 0.717) is 23.3 Å². The average molecular weight is 486 g/mol. The molecule has 0 N–H and O–H groups in total. The van der Waals surface area contributed by atoms with Crippen LogP contribution in [0.5, 0.6) is 0 Å². The van der Waals surface area contributed by atoms with Gasteiger partial charge in [-0.15, -0.1) is 0 Å². The highest BCUT2D eigenvalue weighted by molar-refractivity contribution is 7.95. The van der Waals surface area contributed by atoms with Gasteiger partial charge in [0.1, 0.15) is 0 Å². The lowest BCUT2D eigenvalue weighted by Crippen LogP contribution is -2.09. The van der Waals surface area contributed by atoms with Crippen molar-refractivity contribution in [3.8, 4) is 11.8 Å². The van der Waals surface area contributed by atoms with E-state index in [1.807, 2.05) is 42.5 Å². The number of allylic oxidation sites excluding steroid dienone is 5. The first kappa shape index (κ1) is 20.9. The second-order valence-corrected chi connectivity index (χ2v) is 11.1. The Kier molecular flexibility index (Phi) is 4.35. The van der Waals surface area contributed by atoms with E-state index in [-0.39, 0.29) is 4.90 Å². The quantitative estimate of drug-likeness (QED) is 0.331. The van der Waals surface area contributed by atoms with Crippen LogP contribution in [-0.2, 0) is 9.84 Å². The summed E-state index contributed by atoms with van der Waals surface area (Å²) < 4.78 is 28.7. The zero-order valence-corrected chi connectivity index (χ0v) is 20.0. The van der Waals surface area contributed by atoms with Crippen LogP contribution < -0.4 is 0 Å². The Morgan fingerprint density at radius 1 is 0.889 bits per heavy atom. The molecule has 0 spiro atoms. The van der Waals surface area contributed by atoms with Crippen LogP contribution in [-0.4, -0.2) is 18.7 Å². The maximum absolute atomic E-state index is 13.2. The molecule has 0 unspecified atom stereocenters. The number of aliphatic imine (C=N–C) groups is 1. The van der Waals surface area contributed by atoms with Crippen molar-refractivity contribution >= 4 is 43.8 Å². The molecule has 6 heteroatoms. The van der Waals surface area contributed by atoms with Crippen LogP contribution >= 0.6 is 0 Å². The fourth-order valence-corrected chi connectivity index (χ4v) is 6.77. The topological polar surface area (TPSA) is 75.2 Å². The molecule has 4 aromatic rings. The van der Waals surface area contributed by atoms with Crippen molar-refractivity contribution < 1.29 is 8.42 Å². The largest absolute Gasteiger partial charge is 0.307 e. The monoisotopic (exact) mass is 485 g/mol. The third-order valence-corrected chi connectivity index (χ3v) is 9.04. The number of nitriles is 1. The van der Waals surface area contributed by atoms with Gasteiger partial charge in [-0.2, -0.15) is 5.26 Å². The first-order chi connectivity index (χ1) is 17.6. The molecule has 0 saturated heterocycles. The smallest absolute Gasteiger partial charge is 0.202 e. The summed E-state index contributed by atoms with van der Waals surface area (Å²) in [5, 5.41) is 10.2. The summed E-state index contributed by atoms with van der Waals surface area (Å²) in [6.07, 6.45) is 6.16. The lowest BCUT2D eigenvalue weighted by molar-refractivity contribution is 0.599. The Labute approximate surface area is 208 Å². The van der Waals surface area contributed by atoms with Gasteiger partial charge in [0.2, 0.25) is 9.84 Å². The minimum atomic E-state index is -3.62. The lowest BCUT2D eigenvalue weighted by atomic mass is 10.1. The van der Waals surface area contributed by atoms with Crippen molar-refractivity contribution in [3.63, 3.8) is 0 Å². The van der Waals surface area contributed by atoms with E-state index in [0.717, 1.165) is 50.4 Å². The zero-order valence-electron chi connectivity index (χ0n) is 19.1. The molecule has 0 amide bonds. The Morgan fingerprint density at radius 3 is 2.44 bits per heavy atom. The van der Waals surface area contributed by atoms with Gasteiger partial charge in [0.25, 0.3) is 0 Å². The number of para-hydroxylation sites is 2. The van der Waals surface area contributed by atoms with Gasteiger partial charge in [0.05, 0.1) is 33.6 Å². The zero-order chi connectivity index (χ0) is 24.4. The molecule has 2 aliphatic carbocycles. The second kappa shape index (κ2) is 7.51. The molecule has 0 fully saturated rings. The minimum absolute atomic E-state index is 0.254. The third kappa shape index (κ3) is 2.87. The fraction of sp³-hybridized carbons (Fsp3) is 0.0667. The van der Waals surface area contributed by atoms with E-state index in [4.69, 9.17) is 10.3 Å². The van der Waals surface area contributed by atoms with Crippen LogP contribution in [0.15, 0.2) is 105 Å². The molecule has 1 aromatic heterocycles. The summed E-state index contributed by atoms with van der Waals surface area (Å²) in [7, 11) is -3.62. The summed E-state index contributed by atoms with van der Waals surface area (Å²) in [5.74, 6) is 0. The summed E-state index contributed by atoms with van der Waals surface area (Å²) in [6, 6.07) is 25.6. The average Bonchev–Trinajstić information content (AvgIpc) is 3.56. The van der Waals surface area contributed by atoms with Crippen molar-refractivity contribution in [2.24, 2.45) is 4.99 Å². The molecule has 0 atom stereocenters. The number of benzene rings is 3. The van der Waals surface area contributed by atoms with Gasteiger partial charge in [0.15, 0.2) is 0 Å². The van der Waals surface area contributed by atoms with Crippen molar-refractivity contribution in [2.75, 3.05) is 0 Å². The van der Waals surface area contributed by atoms with E-state index in [1.54, 1.807) is 24.3 Å². The first-order valence-corrected chi connectivity index (χ1v) is 13.2. The number of hydrogen-bond acceptors (Lipinski definition) is 4. The molecule has 3 aromatic carbocycles. The van der Waals surface area contributed by atoms with E-state index in [1.165, 1.54) is 0 Å². The van der Waals surface area contributed by atoms with Gasteiger partial charge < -0.3 is 4.57 Å². The Hall–Kier alpha value is -4.47. The highest BCUT2D eigenvalue weighted by atomic mass is 32.2. The van der Waals surface area contributed by atoms with Gasteiger partial charge in [-0.1, -0.05) is 36.4 Å². The molecule has 2 heterocycles. The molecule has 5 nitrogen and oxygen atoms in total. The highest BCUT2D eigenvalue weighted by Gasteiger charge is 2.33. The summed E-state index contributed by atoms with van der Waals surface area (Å²) in [6.45, 7) is 0. The molecule has 172 valence electrons. The number of hydrogen-bond donors (Lipinski definition) is 0. The van der Waals surface area contributed by atoms with Crippen LogP contribution in [0.3, 0.4) is 0 Å². The van der Waals surface area contributed by atoms with Gasteiger partial charge in [-0.3, -0.25) is 0 Å². The van der Waals surface area contributed by atoms with Crippen molar-refractivity contribution in [3.05, 3.63) is 112 Å². The summed E-state index contributed by atoms with van der Waals surface area (Å²) in [5.41, 5.74) is 8.88. The molecule has 36 heavy (non-hydrogen) atoms. The molecule has 1 aliphatic heterocycles. The molecule has 0 radical (unpaired) electrons.